The van der Waals surface area contributed by atoms with E-state index in [-0.39, 0.29) is 18.2 Å². The highest BCUT2D eigenvalue weighted by molar-refractivity contribution is 6.05. The Morgan fingerprint density at radius 3 is 2.38 bits per heavy atom. The third-order valence-electron chi connectivity index (χ3n) is 6.51. The first-order chi connectivity index (χ1) is 20.1. The fourth-order valence-electron chi connectivity index (χ4n) is 4.49. The summed E-state index contributed by atoms with van der Waals surface area (Å²) >= 11 is 0. The molecule has 1 atom stereocenters. The highest BCUT2D eigenvalue weighted by atomic mass is 16.6. The summed E-state index contributed by atoms with van der Waals surface area (Å²) in [4.78, 5) is 52.5. The maximum Gasteiger partial charge on any atom is 0.410 e. The zero-order valence-electron chi connectivity index (χ0n) is 25.2. The molecule has 2 aliphatic rings. The summed E-state index contributed by atoms with van der Waals surface area (Å²) < 4.78 is 22.0. The third-order valence-corrected chi connectivity index (χ3v) is 6.51. The van der Waals surface area contributed by atoms with Crippen LogP contribution in [-0.4, -0.2) is 98.0 Å². The molecule has 1 fully saturated rings. The number of hydrogen-bond acceptors (Lipinski definition) is 8. The lowest BCUT2D eigenvalue weighted by Crippen LogP contribution is -2.52. The lowest BCUT2D eigenvalue weighted by molar-refractivity contribution is -0.136. The number of amides is 4. The van der Waals surface area contributed by atoms with E-state index in [4.69, 9.17) is 18.9 Å². The molecule has 1 saturated heterocycles. The van der Waals surface area contributed by atoms with Crippen LogP contribution in [-0.2, 0) is 35.1 Å². The van der Waals surface area contributed by atoms with Crippen LogP contribution in [0.1, 0.15) is 74.9 Å². The molecule has 0 aliphatic carbocycles. The minimum atomic E-state index is -0.655. The molecule has 11 nitrogen and oxygen atoms in total. The van der Waals surface area contributed by atoms with Crippen LogP contribution >= 0.6 is 0 Å². The Labute approximate surface area is 248 Å². The van der Waals surface area contributed by atoms with Gasteiger partial charge in [0.15, 0.2) is 0 Å². The smallest absolute Gasteiger partial charge is 0.410 e. The fourth-order valence-corrected chi connectivity index (χ4v) is 4.49. The molecular weight excluding hydrogens is 542 g/mol. The van der Waals surface area contributed by atoms with Crippen LogP contribution < -0.4 is 5.32 Å². The van der Waals surface area contributed by atoms with E-state index in [1.807, 2.05) is 26.8 Å². The molecule has 0 aromatic heterocycles. The van der Waals surface area contributed by atoms with Crippen LogP contribution in [0.4, 0.5) is 4.79 Å². The monoisotopic (exact) mass is 585 g/mol. The van der Waals surface area contributed by atoms with Crippen molar-refractivity contribution in [2.75, 3.05) is 52.7 Å². The predicted octanol–water partition coefficient (Wildman–Crippen LogP) is 2.89. The Morgan fingerprint density at radius 1 is 1.02 bits per heavy atom. The number of hydrogen-bond donors (Lipinski definition) is 1. The van der Waals surface area contributed by atoms with Gasteiger partial charge < -0.3 is 28.7 Å². The van der Waals surface area contributed by atoms with Gasteiger partial charge in [-0.3, -0.25) is 19.7 Å². The molecule has 0 bridgehead atoms. The molecule has 1 unspecified atom stereocenters. The number of nitrogens with zero attached hydrogens (tertiary/aromatic N) is 2. The van der Waals surface area contributed by atoms with E-state index < -0.39 is 23.6 Å². The molecule has 3 rings (SSSR count). The second kappa shape index (κ2) is 16.2. The van der Waals surface area contributed by atoms with Gasteiger partial charge in [0.25, 0.3) is 5.91 Å². The lowest BCUT2D eigenvalue weighted by Gasteiger charge is -2.29. The zero-order valence-corrected chi connectivity index (χ0v) is 25.2. The van der Waals surface area contributed by atoms with Gasteiger partial charge in [0, 0.05) is 50.2 Å². The van der Waals surface area contributed by atoms with Crippen LogP contribution in [0.2, 0.25) is 0 Å². The Bertz CT molecular complexity index is 1170. The summed E-state index contributed by atoms with van der Waals surface area (Å²) in [7, 11) is 0. The molecule has 4 amide bonds. The van der Waals surface area contributed by atoms with Gasteiger partial charge in [0.05, 0.1) is 33.0 Å². The van der Waals surface area contributed by atoms with E-state index in [2.05, 4.69) is 24.1 Å². The van der Waals surface area contributed by atoms with Crippen molar-refractivity contribution in [1.82, 2.24) is 15.1 Å². The molecule has 230 valence electrons. The van der Waals surface area contributed by atoms with E-state index in [9.17, 15) is 19.2 Å². The molecule has 1 N–H and O–H groups in total. The minimum absolute atomic E-state index is 0.211. The normalized spacial score (nSPS) is 16.5. The molecule has 11 heteroatoms. The lowest BCUT2D eigenvalue weighted by atomic mass is 10.0. The molecule has 42 heavy (non-hydrogen) atoms. The number of imide groups is 1. The van der Waals surface area contributed by atoms with E-state index in [1.54, 1.807) is 17.0 Å². The topological polar surface area (TPSA) is 124 Å². The van der Waals surface area contributed by atoms with Gasteiger partial charge >= 0.3 is 6.09 Å². The van der Waals surface area contributed by atoms with Gasteiger partial charge in [-0.25, -0.2) is 4.79 Å². The summed E-state index contributed by atoms with van der Waals surface area (Å²) in [6.07, 6.45) is 1.49. The molecule has 0 radical (unpaired) electrons. The van der Waals surface area contributed by atoms with Crippen LogP contribution in [0.15, 0.2) is 18.2 Å². The number of ether oxygens (including phenoxy) is 4. The molecule has 0 saturated carbocycles. The molecule has 1 aromatic carbocycles. The SMILES string of the molecule is CCCOCCOCCOCCN(CCC#Cc1ccc2c(c1)CN(C1CCC(=O)NC1=O)C2=O)C(=O)OC(C)(C)C. The standard InChI is InChI=1S/C31H43N3O8/c1-5-15-39-17-19-41-20-18-40-16-14-33(30(38)42-31(2,3)4)13-7-6-8-23-9-10-25-24(21-23)22-34(29(25)37)26-11-12-27(35)32-28(26)36/h9-10,21,26H,5,7,11-20,22H2,1-4H3,(H,32,35,36). The van der Waals surface area contributed by atoms with Gasteiger partial charge in [0.2, 0.25) is 11.8 Å². The van der Waals surface area contributed by atoms with Crippen molar-refractivity contribution in [2.24, 2.45) is 0 Å². The first-order valence-corrected chi connectivity index (χ1v) is 14.6. The minimum Gasteiger partial charge on any atom is -0.444 e. The summed E-state index contributed by atoms with van der Waals surface area (Å²) in [6, 6.07) is 4.69. The molecular formula is C31H43N3O8. The molecule has 0 spiro atoms. The largest absolute Gasteiger partial charge is 0.444 e. The van der Waals surface area contributed by atoms with Crippen molar-refractivity contribution in [2.45, 2.75) is 71.6 Å². The number of benzene rings is 1. The quantitative estimate of drug-likeness (QED) is 0.201. The third kappa shape index (κ3) is 10.4. The van der Waals surface area contributed by atoms with Crippen molar-refractivity contribution in [3.05, 3.63) is 34.9 Å². The number of carbonyl (C=O) groups excluding carboxylic acids is 4. The molecule has 1 aromatic rings. The zero-order chi connectivity index (χ0) is 30.5. The Morgan fingerprint density at radius 2 is 1.71 bits per heavy atom. The van der Waals surface area contributed by atoms with Crippen LogP contribution in [0.25, 0.3) is 0 Å². The van der Waals surface area contributed by atoms with Gasteiger partial charge in [-0.2, -0.15) is 0 Å². The van der Waals surface area contributed by atoms with Crippen molar-refractivity contribution in [3.8, 4) is 11.8 Å². The average molecular weight is 586 g/mol. The number of carbonyl (C=O) groups is 4. The van der Waals surface area contributed by atoms with E-state index >= 15 is 0 Å². The van der Waals surface area contributed by atoms with Crippen LogP contribution in [0.3, 0.4) is 0 Å². The van der Waals surface area contributed by atoms with Crippen molar-refractivity contribution in [1.29, 1.82) is 0 Å². The number of piperidine rings is 1. The van der Waals surface area contributed by atoms with Gasteiger partial charge in [-0.15, -0.1) is 0 Å². The second-order valence-electron chi connectivity index (χ2n) is 11.1. The fraction of sp³-hybridized carbons (Fsp3) is 0.613. The predicted molar refractivity (Wildman–Crippen MR) is 155 cm³/mol. The Balaban J connectivity index is 1.49. The number of rotatable bonds is 14. The molecule has 2 heterocycles. The van der Waals surface area contributed by atoms with Crippen molar-refractivity contribution < 1.29 is 38.1 Å². The van der Waals surface area contributed by atoms with E-state index in [1.165, 1.54) is 4.90 Å². The summed E-state index contributed by atoms with van der Waals surface area (Å²) in [5, 5.41) is 2.31. The summed E-state index contributed by atoms with van der Waals surface area (Å²) in [5.41, 5.74) is 1.44. The second-order valence-corrected chi connectivity index (χ2v) is 11.1. The maximum atomic E-state index is 12.9. The summed E-state index contributed by atoms with van der Waals surface area (Å²) in [5.74, 6) is 5.24. The van der Waals surface area contributed by atoms with Gasteiger partial charge in [0.1, 0.15) is 11.6 Å². The highest BCUT2D eigenvalue weighted by Crippen LogP contribution is 2.28. The first-order valence-electron chi connectivity index (χ1n) is 14.6. The van der Waals surface area contributed by atoms with Crippen molar-refractivity contribution in [3.63, 3.8) is 0 Å². The van der Waals surface area contributed by atoms with Gasteiger partial charge in [-0.1, -0.05) is 18.8 Å². The maximum absolute atomic E-state index is 12.9. The van der Waals surface area contributed by atoms with Crippen molar-refractivity contribution >= 4 is 23.8 Å². The van der Waals surface area contributed by atoms with E-state index in [0.29, 0.717) is 71.1 Å². The molecule has 2 aliphatic heterocycles. The van der Waals surface area contributed by atoms with Crippen LogP contribution in [0, 0.1) is 11.8 Å². The number of nitrogens with one attached hydrogen (secondary N) is 1. The Hall–Kier alpha value is -3.46. The van der Waals surface area contributed by atoms with Crippen LogP contribution in [0.5, 0.6) is 0 Å². The summed E-state index contributed by atoms with van der Waals surface area (Å²) in [6.45, 7) is 11.5. The Kier molecular flexibility index (Phi) is 12.8. The number of fused-ring (bicyclic) bond motifs is 1. The first kappa shape index (κ1) is 33.0. The highest BCUT2D eigenvalue weighted by Gasteiger charge is 2.39. The average Bonchev–Trinajstić information content (AvgIpc) is 3.25. The van der Waals surface area contributed by atoms with Gasteiger partial charge in [-0.05, 0) is 57.4 Å². The van der Waals surface area contributed by atoms with E-state index in [0.717, 1.165) is 24.2 Å².